The van der Waals surface area contributed by atoms with Gasteiger partial charge in [0, 0.05) is 13.1 Å². The van der Waals surface area contributed by atoms with Gasteiger partial charge in [-0.2, -0.15) is 0 Å². The third kappa shape index (κ3) is 5.41. The van der Waals surface area contributed by atoms with Gasteiger partial charge in [-0.05, 0) is 6.42 Å². The van der Waals surface area contributed by atoms with E-state index in [2.05, 4.69) is 17.1 Å². The highest BCUT2D eigenvalue weighted by molar-refractivity contribution is 8.03. The Labute approximate surface area is 141 Å². The Kier molecular flexibility index (Phi) is 6.93. The summed E-state index contributed by atoms with van der Waals surface area (Å²) in [6.07, 6.45) is 1.05. The van der Waals surface area contributed by atoms with E-state index in [0.29, 0.717) is 29.8 Å². The largest absolute Gasteiger partial charge is 0.375 e. The Bertz CT molecular complexity index is 525. The Balaban J connectivity index is 1.77. The molecule has 1 unspecified atom stereocenters. The Hall–Kier alpha value is -0.840. The van der Waals surface area contributed by atoms with Crippen LogP contribution in [0.15, 0.2) is 8.68 Å². The monoisotopic (exact) mass is 362 g/mol. The predicted octanol–water partition coefficient (Wildman–Crippen LogP) is 0.845. The SMILES string of the molecule is CCC1CN(C(=O)CSc2nnc(SCC(N)=O)s2)CCO1. The van der Waals surface area contributed by atoms with Gasteiger partial charge in [0.25, 0.3) is 0 Å². The van der Waals surface area contributed by atoms with Gasteiger partial charge < -0.3 is 15.4 Å². The number of nitrogens with zero attached hydrogens (tertiary/aromatic N) is 3. The number of amides is 2. The van der Waals surface area contributed by atoms with Crippen molar-refractivity contribution in [1.29, 1.82) is 0 Å². The lowest BCUT2D eigenvalue weighted by atomic mass is 10.2. The van der Waals surface area contributed by atoms with Crippen molar-refractivity contribution in [3.63, 3.8) is 0 Å². The maximum absolute atomic E-state index is 12.2. The number of aromatic nitrogens is 2. The molecule has 122 valence electrons. The molecule has 7 nitrogen and oxygen atoms in total. The highest BCUT2D eigenvalue weighted by atomic mass is 32.2. The van der Waals surface area contributed by atoms with Gasteiger partial charge in [-0.1, -0.05) is 41.8 Å². The van der Waals surface area contributed by atoms with Crippen LogP contribution in [0.2, 0.25) is 0 Å². The zero-order chi connectivity index (χ0) is 15.9. The molecule has 0 aromatic carbocycles. The first-order chi connectivity index (χ1) is 10.6. The molecule has 2 N–H and O–H groups in total. The number of carbonyl (C=O) groups excluding carboxylic acids is 2. The van der Waals surface area contributed by atoms with Gasteiger partial charge in [-0.25, -0.2) is 0 Å². The van der Waals surface area contributed by atoms with E-state index in [0.717, 1.165) is 10.8 Å². The number of hydrogen-bond acceptors (Lipinski definition) is 8. The van der Waals surface area contributed by atoms with Crippen LogP contribution in [0.5, 0.6) is 0 Å². The molecule has 10 heteroatoms. The molecule has 1 fully saturated rings. The Morgan fingerprint density at radius 1 is 1.36 bits per heavy atom. The molecule has 22 heavy (non-hydrogen) atoms. The lowest BCUT2D eigenvalue weighted by Crippen LogP contribution is -2.46. The van der Waals surface area contributed by atoms with Gasteiger partial charge in [-0.15, -0.1) is 10.2 Å². The lowest BCUT2D eigenvalue weighted by Gasteiger charge is -2.32. The molecule has 0 radical (unpaired) electrons. The van der Waals surface area contributed by atoms with Gasteiger partial charge >= 0.3 is 0 Å². The molecule has 1 atom stereocenters. The zero-order valence-electron chi connectivity index (χ0n) is 12.2. The van der Waals surface area contributed by atoms with Crippen molar-refractivity contribution in [3.8, 4) is 0 Å². The highest BCUT2D eigenvalue weighted by Gasteiger charge is 2.23. The fraction of sp³-hybridized carbons (Fsp3) is 0.667. The van der Waals surface area contributed by atoms with E-state index in [1.807, 2.05) is 4.90 Å². The summed E-state index contributed by atoms with van der Waals surface area (Å²) in [6, 6.07) is 0. The molecule has 1 aromatic rings. The number of morpholine rings is 1. The average molecular weight is 363 g/mol. The topological polar surface area (TPSA) is 98.4 Å². The number of primary amides is 1. The summed E-state index contributed by atoms with van der Waals surface area (Å²) >= 11 is 4.00. The van der Waals surface area contributed by atoms with Crippen LogP contribution >= 0.6 is 34.9 Å². The second-order valence-corrected chi connectivity index (χ2v) is 8.04. The Morgan fingerprint density at radius 2 is 2.05 bits per heavy atom. The first-order valence-corrected chi connectivity index (χ1v) is 9.64. The van der Waals surface area contributed by atoms with Crippen molar-refractivity contribution in [1.82, 2.24) is 15.1 Å². The van der Waals surface area contributed by atoms with Crippen LogP contribution in [-0.2, 0) is 14.3 Å². The number of thioether (sulfide) groups is 2. The van der Waals surface area contributed by atoms with Crippen LogP contribution in [0.4, 0.5) is 0 Å². The van der Waals surface area contributed by atoms with Crippen molar-refractivity contribution in [2.75, 3.05) is 31.2 Å². The van der Waals surface area contributed by atoms with Crippen molar-refractivity contribution >= 4 is 46.7 Å². The molecule has 0 spiro atoms. The molecule has 0 aliphatic carbocycles. The van der Waals surface area contributed by atoms with Crippen LogP contribution in [0.25, 0.3) is 0 Å². The van der Waals surface area contributed by atoms with Crippen molar-refractivity contribution < 1.29 is 14.3 Å². The quantitative estimate of drug-likeness (QED) is 0.718. The van der Waals surface area contributed by atoms with E-state index < -0.39 is 0 Å². The number of hydrogen-bond donors (Lipinski definition) is 1. The molecule has 2 rings (SSSR count). The normalized spacial score (nSPS) is 18.4. The average Bonchev–Trinajstić information content (AvgIpc) is 2.98. The van der Waals surface area contributed by atoms with E-state index in [1.165, 1.54) is 34.9 Å². The van der Waals surface area contributed by atoms with Crippen molar-refractivity contribution in [3.05, 3.63) is 0 Å². The minimum Gasteiger partial charge on any atom is -0.375 e. The fourth-order valence-electron chi connectivity index (χ4n) is 1.85. The number of carbonyl (C=O) groups is 2. The third-order valence-corrected chi connectivity index (χ3v) is 6.19. The Morgan fingerprint density at radius 3 is 2.68 bits per heavy atom. The molecule has 1 aliphatic rings. The van der Waals surface area contributed by atoms with Crippen LogP contribution in [0.1, 0.15) is 13.3 Å². The van der Waals surface area contributed by atoms with E-state index >= 15 is 0 Å². The molecule has 1 aromatic heterocycles. The van der Waals surface area contributed by atoms with Crippen LogP contribution < -0.4 is 5.73 Å². The minimum absolute atomic E-state index is 0.0910. The maximum atomic E-state index is 12.2. The second kappa shape index (κ2) is 8.70. The smallest absolute Gasteiger partial charge is 0.233 e. The van der Waals surface area contributed by atoms with E-state index in [4.69, 9.17) is 10.5 Å². The van der Waals surface area contributed by atoms with Gasteiger partial charge in [-0.3, -0.25) is 9.59 Å². The van der Waals surface area contributed by atoms with Crippen LogP contribution in [0.3, 0.4) is 0 Å². The number of rotatable bonds is 7. The molecule has 0 saturated carbocycles. The van der Waals surface area contributed by atoms with Crippen LogP contribution in [-0.4, -0.2) is 64.2 Å². The molecular formula is C12H18N4O3S3. The molecule has 0 bridgehead atoms. The molecular weight excluding hydrogens is 344 g/mol. The van der Waals surface area contributed by atoms with Gasteiger partial charge in [0.05, 0.1) is 24.2 Å². The summed E-state index contributed by atoms with van der Waals surface area (Å²) in [5, 5.41) is 7.97. The van der Waals surface area contributed by atoms with Gasteiger partial charge in [0.15, 0.2) is 8.68 Å². The minimum atomic E-state index is -0.387. The summed E-state index contributed by atoms with van der Waals surface area (Å²) in [5.41, 5.74) is 5.08. The first kappa shape index (κ1) is 17.5. The summed E-state index contributed by atoms with van der Waals surface area (Å²) in [7, 11) is 0. The number of nitrogens with two attached hydrogens (primary N) is 1. The molecule has 2 amide bonds. The van der Waals surface area contributed by atoms with E-state index in [9.17, 15) is 9.59 Å². The van der Waals surface area contributed by atoms with E-state index in [1.54, 1.807) is 0 Å². The molecule has 1 aliphatic heterocycles. The summed E-state index contributed by atoms with van der Waals surface area (Å²) < 4.78 is 6.97. The zero-order valence-corrected chi connectivity index (χ0v) is 14.6. The van der Waals surface area contributed by atoms with Crippen molar-refractivity contribution in [2.24, 2.45) is 5.73 Å². The lowest BCUT2D eigenvalue weighted by molar-refractivity contribution is -0.135. The third-order valence-electron chi connectivity index (χ3n) is 2.99. The van der Waals surface area contributed by atoms with E-state index in [-0.39, 0.29) is 23.7 Å². The number of ether oxygens (including phenoxy) is 1. The van der Waals surface area contributed by atoms with Gasteiger partial charge in [0.1, 0.15) is 0 Å². The fourth-order valence-corrected chi connectivity index (χ4v) is 4.52. The second-order valence-electron chi connectivity index (χ2n) is 4.62. The molecule has 1 saturated heterocycles. The predicted molar refractivity (Wildman–Crippen MR) is 87.2 cm³/mol. The maximum Gasteiger partial charge on any atom is 0.233 e. The van der Waals surface area contributed by atoms with Crippen LogP contribution in [0, 0.1) is 0 Å². The molecule has 2 heterocycles. The van der Waals surface area contributed by atoms with Gasteiger partial charge in [0.2, 0.25) is 11.8 Å². The summed E-state index contributed by atoms with van der Waals surface area (Å²) in [5.74, 6) is 0.228. The van der Waals surface area contributed by atoms with Crippen molar-refractivity contribution in [2.45, 2.75) is 28.1 Å². The highest BCUT2D eigenvalue weighted by Crippen LogP contribution is 2.28. The summed E-state index contributed by atoms with van der Waals surface area (Å²) in [6.45, 7) is 3.96. The standard InChI is InChI=1S/C12H18N4O3S3/c1-2-8-5-16(3-4-19-8)10(18)7-21-12-15-14-11(22-12)20-6-9(13)17/h8H,2-7H2,1H3,(H2,13,17). The summed E-state index contributed by atoms with van der Waals surface area (Å²) in [4.78, 5) is 24.7. The first-order valence-electron chi connectivity index (χ1n) is 6.85.